The molecule has 1 atom stereocenters. The van der Waals surface area contributed by atoms with Gasteiger partial charge in [-0.25, -0.2) is 0 Å². The molecule has 2 N–H and O–H groups in total. The van der Waals surface area contributed by atoms with Gasteiger partial charge in [0.15, 0.2) is 0 Å². The molecule has 0 amide bonds. The monoisotopic (exact) mass is 452 g/mol. The summed E-state index contributed by atoms with van der Waals surface area (Å²) in [6, 6.07) is 12.1. The van der Waals surface area contributed by atoms with Gasteiger partial charge >= 0.3 is 0 Å². The second-order valence-corrected chi connectivity index (χ2v) is 9.29. The van der Waals surface area contributed by atoms with Crippen molar-refractivity contribution < 1.29 is 4.74 Å². The van der Waals surface area contributed by atoms with Crippen molar-refractivity contribution in [2.45, 2.75) is 16.8 Å². The highest BCUT2D eigenvalue weighted by molar-refractivity contribution is 8.00. The van der Waals surface area contributed by atoms with Crippen LogP contribution in [0.2, 0.25) is 10.0 Å². The van der Waals surface area contributed by atoms with Crippen molar-refractivity contribution in [3.63, 3.8) is 0 Å². The molecule has 0 aliphatic carbocycles. The summed E-state index contributed by atoms with van der Waals surface area (Å²) in [5, 5.41) is 1.22. The Kier molecular flexibility index (Phi) is 6.66. The molecule has 2 aromatic rings. The van der Waals surface area contributed by atoms with Crippen LogP contribution in [-0.4, -0.2) is 56.8 Å². The summed E-state index contributed by atoms with van der Waals surface area (Å²) < 4.78 is 5.33. The maximum atomic E-state index is 6.35. The highest BCUT2D eigenvalue weighted by atomic mass is 35.5. The molecular formula is C21H26Cl2N4OS. The molecule has 0 radical (unpaired) electrons. The SMILES string of the molecule is COc1ccc2c(c1)SC(N)N2CCCN1CCN(c2ccc(Cl)c(Cl)c2)CC1. The standard InChI is InChI=1S/C21H26Cl2N4OS/c1-28-16-4-6-19-20(14-16)29-21(24)27(19)8-2-7-25-9-11-26(12-10-25)15-3-5-17(22)18(23)13-15/h3-6,13-14,21H,2,7-12,24H2,1H3. The number of hydrogen-bond donors (Lipinski definition) is 1. The molecule has 5 nitrogen and oxygen atoms in total. The maximum absolute atomic E-state index is 6.35. The molecule has 1 unspecified atom stereocenters. The van der Waals surface area contributed by atoms with Crippen LogP contribution in [0.5, 0.6) is 5.75 Å². The van der Waals surface area contributed by atoms with Gasteiger partial charge in [-0.05, 0) is 49.4 Å². The lowest BCUT2D eigenvalue weighted by atomic mass is 10.2. The largest absolute Gasteiger partial charge is 0.497 e. The van der Waals surface area contributed by atoms with E-state index in [0.29, 0.717) is 10.0 Å². The number of nitrogens with two attached hydrogens (primary N) is 1. The molecule has 1 saturated heterocycles. The molecule has 4 rings (SSSR count). The molecule has 0 saturated carbocycles. The molecule has 0 spiro atoms. The summed E-state index contributed by atoms with van der Waals surface area (Å²) in [6.45, 7) is 6.14. The molecule has 2 aromatic carbocycles. The van der Waals surface area contributed by atoms with Gasteiger partial charge in [0.05, 0.1) is 22.8 Å². The molecule has 2 aliphatic heterocycles. The predicted molar refractivity (Wildman–Crippen MR) is 124 cm³/mol. The van der Waals surface area contributed by atoms with Gasteiger partial charge in [0.2, 0.25) is 0 Å². The lowest BCUT2D eigenvalue weighted by Gasteiger charge is -2.36. The Morgan fingerprint density at radius 2 is 1.83 bits per heavy atom. The molecule has 8 heteroatoms. The number of thioether (sulfide) groups is 1. The van der Waals surface area contributed by atoms with Crippen LogP contribution >= 0.6 is 35.0 Å². The van der Waals surface area contributed by atoms with E-state index in [1.807, 2.05) is 24.3 Å². The minimum absolute atomic E-state index is 0.0244. The van der Waals surface area contributed by atoms with Crippen molar-refractivity contribution >= 4 is 46.3 Å². The summed E-state index contributed by atoms with van der Waals surface area (Å²) >= 11 is 13.9. The topological polar surface area (TPSA) is 45.0 Å². The van der Waals surface area contributed by atoms with Crippen LogP contribution in [0.15, 0.2) is 41.3 Å². The number of benzene rings is 2. The van der Waals surface area contributed by atoms with E-state index in [0.717, 1.165) is 57.1 Å². The zero-order chi connectivity index (χ0) is 20.4. The van der Waals surface area contributed by atoms with Gasteiger partial charge in [0, 0.05) is 43.3 Å². The highest BCUT2D eigenvalue weighted by Gasteiger charge is 2.27. The summed E-state index contributed by atoms with van der Waals surface area (Å²) in [5.41, 5.74) is 8.69. The molecule has 2 heterocycles. The van der Waals surface area contributed by atoms with Crippen LogP contribution in [0, 0.1) is 0 Å². The van der Waals surface area contributed by atoms with Crippen molar-refractivity contribution in [3.05, 3.63) is 46.4 Å². The Hall–Kier alpha value is -1.31. The van der Waals surface area contributed by atoms with E-state index in [1.54, 1.807) is 18.9 Å². The van der Waals surface area contributed by atoms with Gasteiger partial charge in [-0.3, -0.25) is 4.90 Å². The third-order valence-corrected chi connectivity index (χ3v) is 7.36. The summed E-state index contributed by atoms with van der Waals surface area (Å²) in [7, 11) is 1.69. The Labute approximate surface area is 186 Å². The molecule has 29 heavy (non-hydrogen) atoms. The van der Waals surface area contributed by atoms with E-state index in [4.69, 9.17) is 33.7 Å². The van der Waals surface area contributed by atoms with Crippen molar-refractivity contribution in [1.82, 2.24) is 4.90 Å². The number of fused-ring (bicyclic) bond motifs is 1. The van der Waals surface area contributed by atoms with Crippen molar-refractivity contribution in [2.75, 3.05) is 56.2 Å². The average Bonchev–Trinajstić information content (AvgIpc) is 3.05. The highest BCUT2D eigenvalue weighted by Crippen LogP contribution is 2.43. The zero-order valence-corrected chi connectivity index (χ0v) is 18.8. The van der Waals surface area contributed by atoms with E-state index < -0.39 is 0 Å². The number of anilines is 2. The summed E-state index contributed by atoms with van der Waals surface area (Å²) in [4.78, 5) is 8.39. The van der Waals surface area contributed by atoms with Crippen LogP contribution in [0.25, 0.3) is 0 Å². The molecule has 0 bridgehead atoms. The summed E-state index contributed by atoms with van der Waals surface area (Å²) in [5.74, 6) is 0.880. The number of halogens is 2. The van der Waals surface area contributed by atoms with Crippen LogP contribution in [0.1, 0.15) is 6.42 Å². The summed E-state index contributed by atoms with van der Waals surface area (Å²) in [6.07, 6.45) is 1.09. The van der Waals surface area contributed by atoms with E-state index in [2.05, 4.69) is 26.8 Å². The van der Waals surface area contributed by atoms with Crippen molar-refractivity contribution in [1.29, 1.82) is 0 Å². The minimum atomic E-state index is -0.0244. The van der Waals surface area contributed by atoms with Gasteiger partial charge < -0.3 is 20.3 Å². The quantitative estimate of drug-likeness (QED) is 0.701. The molecule has 0 aromatic heterocycles. The first-order valence-electron chi connectivity index (χ1n) is 9.84. The van der Waals surface area contributed by atoms with E-state index in [1.165, 1.54) is 10.6 Å². The Balaban J connectivity index is 1.26. The third-order valence-electron chi connectivity index (χ3n) is 5.55. The number of hydrogen-bond acceptors (Lipinski definition) is 6. The molecule has 1 fully saturated rings. The first kappa shape index (κ1) is 20.9. The smallest absolute Gasteiger partial charge is 0.130 e. The third kappa shape index (κ3) is 4.72. The van der Waals surface area contributed by atoms with E-state index in [-0.39, 0.29) is 5.50 Å². The average molecular weight is 453 g/mol. The lowest BCUT2D eigenvalue weighted by Crippen LogP contribution is -2.47. The Bertz CT molecular complexity index is 861. The van der Waals surface area contributed by atoms with Gasteiger partial charge in [0.25, 0.3) is 0 Å². The number of piperazine rings is 1. The minimum Gasteiger partial charge on any atom is -0.497 e. The molecular weight excluding hydrogens is 427 g/mol. The number of nitrogens with zero attached hydrogens (tertiary/aromatic N) is 3. The van der Waals surface area contributed by atoms with Crippen molar-refractivity contribution in [3.8, 4) is 5.75 Å². The second kappa shape index (κ2) is 9.23. The van der Waals surface area contributed by atoms with E-state index in [9.17, 15) is 0 Å². The van der Waals surface area contributed by atoms with Crippen LogP contribution in [0.3, 0.4) is 0 Å². The second-order valence-electron chi connectivity index (χ2n) is 7.32. The lowest BCUT2D eigenvalue weighted by molar-refractivity contribution is 0.255. The van der Waals surface area contributed by atoms with Crippen molar-refractivity contribution in [2.24, 2.45) is 5.73 Å². The fraction of sp³-hybridized carbons (Fsp3) is 0.429. The van der Waals surface area contributed by atoms with Gasteiger partial charge in [-0.15, -0.1) is 0 Å². The normalized spacial score (nSPS) is 19.5. The van der Waals surface area contributed by atoms with Gasteiger partial charge in [-0.1, -0.05) is 35.0 Å². The first-order valence-corrected chi connectivity index (χ1v) is 11.5. The van der Waals surface area contributed by atoms with Crippen LogP contribution in [-0.2, 0) is 0 Å². The fourth-order valence-corrected chi connectivity index (χ4v) is 5.30. The number of ether oxygens (including phenoxy) is 1. The maximum Gasteiger partial charge on any atom is 0.130 e. The fourth-order valence-electron chi connectivity index (χ4n) is 3.91. The Morgan fingerprint density at radius 1 is 1.03 bits per heavy atom. The van der Waals surface area contributed by atoms with E-state index >= 15 is 0 Å². The predicted octanol–water partition coefficient (Wildman–Crippen LogP) is 4.37. The first-order chi connectivity index (χ1) is 14.0. The van der Waals surface area contributed by atoms with Gasteiger partial charge in [0.1, 0.15) is 11.2 Å². The Morgan fingerprint density at radius 3 is 2.55 bits per heavy atom. The zero-order valence-electron chi connectivity index (χ0n) is 16.5. The molecule has 156 valence electrons. The van der Waals surface area contributed by atoms with Crippen LogP contribution in [0.4, 0.5) is 11.4 Å². The number of rotatable bonds is 6. The number of methoxy groups -OCH3 is 1. The molecule has 2 aliphatic rings. The van der Waals surface area contributed by atoms with Gasteiger partial charge in [-0.2, -0.15) is 0 Å². The van der Waals surface area contributed by atoms with Crippen LogP contribution < -0.4 is 20.3 Å².